The highest BCUT2D eigenvalue weighted by molar-refractivity contribution is 6.46. The molecule has 0 bridgehead atoms. The number of carbonyl (C=O) groups is 2. The second kappa shape index (κ2) is 5.68. The number of methoxy groups -OCH3 is 1. The lowest BCUT2D eigenvalue weighted by Crippen LogP contribution is -2.19. The fourth-order valence-corrected chi connectivity index (χ4v) is 1.67. The summed E-state index contributed by atoms with van der Waals surface area (Å²) in [5, 5.41) is 0.172. The Morgan fingerprint density at radius 2 is 2.00 bits per heavy atom. The third kappa shape index (κ3) is 2.77. The molecular weight excluding hydrogens is 244 g/mol. The third-order valence-corrected chi connectivity index (χ3v) is 2.51. The Balaban J connectivity index is 3.25. The summed E-state index contributed by atoms with van der Waals surface area (Å²) >= 11 is 5.91. The van der Waals surface area contributed by atoms with Crippen molar-refractivity contribution in [2.24, 2.45) is 0 Å². The van der Waals surface area contributed by atoms with Crippen LogP contribution in [0.4, 0.5) is 0 Å². The van der Waals surface area contributed by atoms with Crippen LogP contribution in [0.15, 0.2) is 12.1 Å². The number of ketones is 1. The van der Waals surface area contributed by atoms with Crippen molar-refractivity contribution in [3.8, 4) is 5.75 Å². The molecule has 5 heteroatoms. The van der Waals surface area contributed by atoms with E-state index in [1.165, 1.54) is 7.11 Å². The number of benzene rings is 1. The van der Waals surface area contributed by atoms with Gasteiger partial charge >= 0.3 is 5.97 Å². The van der Waals surface area contributed by atoms with Crippen LogP contribution in [0.5, 0.6) is 5.75 Å². The van der Waals surface area contributed by atoms with Crippen molar-refractivity contribution in [1.29, 1.82) is 0 Å². The minimum Gasteiger partial charge on any atom is -0.496 e. The van der Waals surface area contributed by atoms with E-state index < -0.39 is 11.8 Å². The van der Waals surface area contributed by atoms with Crippen LogP contribution in [0, 0.1) is 6.92 Å². The quantitative estimate of drug-likeness (QED) is 0.472. The summed E-state index contributed by atoms with van der Waals surface area (Å²) in [7, 11) is 1.42. The standard InChI is InChI=1S/C12H13ClO4/c1-4-17-12(15)10(14)9-8(13)6-5-7(2)11(9)16-3/h5-6H,4H2,1-3H3. The number of halogens is 1. The highest BCUT2D eigenvalue weighted by atomic mass is 35.5. The molecule has 0 aliphatic heterocycles. The summed E-state index contributed by atoms with van der Waals surface area (Å²) in [6, 6.07) is 3.26. The lowest BCUT2D eigenvalue weighted by atomic mass is 10.1. The van der Waals surface area contributed by atoms with Gasteiger partial charge in [0.1, 0.15) is 5.75 Å². The van der Waals surface area contributed by atoms with Gasteiger partial charge in [-0.15, -0.1) is 0 Å². The predicted molar refractivity (Wildman–Crippen MR) is 63.7 cm³/mol. The lowest BCUT2D eigenvalue weighted by Gasteiger charge is -2.11. The molecule has 1 aromatic carbocycles. The fourth-order valence-electron chi connectivity index (χ4n) is 1.44. The predicted octanol–water partition coefficient (Wildman–Crippen LogP) is 2.40. The SMILES string of the molecule is CCOC(=O)C(=O)c1c(Cl)ccc(C)c1OC. The summed E-state index contributed by atoms with van der Waals surface area (Å²) in [6.07, 6.45) is 0. The van der Waals surface area contributed by atoms with Crippen molar-refractivity contribution in [1.82, 2.24) is 0 Å². The van der Waals surface area contributed by atoms with Crippen LogP contribution in [-0.2, 0) is 9.53 Å². The maximum atomic E-state index is 11.8. The molecule has 0 aliphatic rings. The van der Waals surface area contributed by atoms with Gasteiger partial charge in [0.2, 0.25) is 0 Å². The molecule has 0 radical (unpaired) electrons. The maximum Gasteiger partial charge on any atom is 0.379 e. The molecule has 0 atom stereocenters. The first kappa shape index (κ1) is 13.5. The van der Waals surface area contributed by atoms with Crippen molar-refractivity contribution in [2.45, 2.75) is 13.8 Å². The van der Waals surface area contributed by atoms with Crippen LogP contribution >= 0.6 is 11.6 Å². The molecule has 4 nitrogen and oxygen atoms in total. The van der Waals surface area contributed by atoms with Gasteiger partial charge < -0.3 is 9.47 Å². The Morgan fingerprint density at radius 3 is 2.53 bits per heavy atom. The summed E-state index contributed by atoms with van der Waals surface area (Å²) < 4.78 is 9.74. The van der Waals surface area contributed by atoms with Gasteiger partial charge in [-0.3, -0.25) is 4.79 Å². The Bertz CT molecular complexity index is 454. The smallest absolute Gasteiger partial charge is 0.379 e. The van der Waals surface area contributed by atoms with E-state index in [1.54, 1.807) is 26.0 Å². The maximum absolute atomic E-state index is 11.8. The number of rotatable bonds is 4. The lowest BCUT2D eigenvalue weighted by molar-refractivity contribution is -0.137. The van der Waals surface area contributed by atoms with Crippen LogP contribution in [-0.4, -0.2) is 25.5 Å². The number of hydrogen-bond acceptors (Lipinski definition) is 4. The van der Waals surface area contributed by atoms with E-state index in [9.17, 15) is 9.59 Å². The number of esters is 1. The van der Waals surface area contributed by atoms with E-state index in [-0.39, 0.29) is 17.2 Å². The van der Waals surface area contributed by atoms with Gasteiger partial charge in [-0.05, 0) is 25.5 Å². The monoisotopic (exact) mass is 256 g/mol. The zero-order valence-electron chi connectivity index (χ0n) is 9.87. The number of aryl methyl sites for hydroxylation is 1. The molecular formula is C12H13ClO4. The molecule has 0 fully saturated rings. The van der Waals surface area contributed by atoms with Crippen molar-refractivity contribution in [2.75, 3.05) is 13.7 Å². The van der Waals surface area contributed by atoms with Crippen LogP contribution in [0.25, 0.3) is 0 Å². The molecule has 0 spiro atoms. The summed E-state index contributed by atoms with van der Waals surface area (Å²) in [6.45, 7) is 3.52. The average Bonchev–Trinajstić information content (AvgIpc) is 2.31. The third-order valence-electron chi connectivity index (χ3n) is 2.20. The Hall–Kier alpha value is -1.55. The van der Waals surface area contributed by atoms with E-state index in [1.807, 2.05) is 0 Å². The molecule has 0 saturated carbocycles. The molecule has 0 heterocycles. The second-order valence-electron chi connectivity index (χ2n) is 3.32. The van der Waals surface area contributed by atoms with Gasteiger partial charge in [-0.2, -0.15) is 0 Å². The van der Waals surface area contributed by atoms with Crippen LogP contribution < -0.4 is 4.74 Å². The number of Topliss-reactive ketones (excluding diaryl/α,β-unsaturated/α-hetero) is 1. The van der Waals surface area contributed by atoms with E-state index in [2.05, 4.69) is 4.74 Å². The minimum atomic E-state index is -0.932. The van der Waals surface area contributed by atoms with Crippen molar-refractivity contribution >= 4 is 23.4 Å². The molecule has 0 saturated heterocycles. The fraction of sp³-hybridized carbons (Fsp3) is 0.333. The minimum absolute atomic E-state index is 0.0487. The summed E-state index contributed by atoms with van der Waals surface area (Å²) in [5.41, 5.74) is 0.775. The molecule has 0 amide bonds. The second-order valence-corrected chi connectivity index (χ2v) is 3.73. The molecule has 0 N–H and O–H groups in total. The first-order chi connectivity index (χ1) is 8.02. The average molecular weight is 257 g/mol. The number of ether oxygens (including phenoxy) is 2. The number of hydrogen-bond donors (Lipinski definition) is 0. The molecule has 0 aromatic heterocycles. The molecule has 17 heavy (non-hydrogen) atoms. The van der Waals surface area contributed by atoms with Gasteiger partial charge in [0.05, 0.1) is 24.3 Å². The molecule has 92 valence electrons. The van der Waals surface area contributed by atoms with Crippen LogP contribution in [0.3, 0.4) is 0 Å². The number of carbonyl (C=O) groups excluding carboxylic acids is 2. The molecule has 1 rings (SSSR count). The van der Waals surface area contributed by atoms with Gasteiger partial charge in [-0.1, -0.05) is 17.7 Å². The van der Waals surface area contributed by atoms with Crippen LogP contribution in [0.2, 0.25) is 5.02 Å². The first-order valence-electron chi connectivity index (χ1n) is 5.07. The highest BCUT2D eigenvalue weighted by Gasteiger charge is 2.25. The van der Waals surface area contributed by atoms with E-state index >= 15 is 0 Å². The Kier molecular flexibility index (Phi) is 4.52. The van der Waals surface area contributed by atoms with Gasteiger partial charge in [0.25, 0.3) is 5.78 Å². The van der Waals surface area contributed by atoms with E-state index in [0.717, 1.165) is 5.56 Å². The van der Waals surface area contributed by atoms with E-state index in [4.69, 9.17) is 16.3 Å². The van der Waals surface area contributed by atoms with Gasteiger partial charge in [0, 0.05) is 0 Å². The van der Waals surface area contributed by atoms with Crippen molar-refractivity contribution in [3.05, 3.63) is 28.3 Å². The Labute approximate surface area is 104 Å². The van der Waals surface area contributed by atoms with Crippen LogP contribution in [0.1, 0.15) is 22.8 Å². The summed E-state index contributed by atoms with van der Waals surface area (Å²) in [4.78, 5) is 23.2. The molecule has 0 unspecified atom stereocenters. The highest BCUT2D eigenvalue weighted by Crippen LogP contribution is 2.30. The normalized spacial score (nSPS) is 9.88. The first-order valence-corrected chi connectivity index (χ1v) is 5.45. The summed E-state index contributed by atoms with van der Waals surface area (Å²) in [5.74, 6) is -1.42. The Morgan fingerprint density at radius 1 is 1.35 bits per heavy atom. The van der Waals surface area contributed by atoms with Gasteiger partial charge in [-0.25, -0.2) is 4.79 Å². The molecule has 0 aliphatic carbocycles. The zero-order chi connectivity index (χ0) is 13.0. The van der Waals surface area contributed by atoms with Crippen molar-refractivity contribution < 1.29 is 19.1 Å². The van der Waals surface area contributed by atoms with Crippen molar-refractivity contribution in [3.63, 3.8) is 0 Å². The van der Waals surface area contributed by atoms with Gasteiger partial charge in [0.15, 0.2) is 0 Å². The van der Waals surface area contributed by atoms with E-state index in [0.29, 0.717) is 5.75 Å². The molecule has 1 aromatic rings. The largest absolute Gasteiger partial charge is 0.496 e. The topological polar surface area (TPSA) is 52.6 Å². The zero-order valence-corrected chi connectivity index (χ0v) is 10.6.